The molecule has 0 aliphatic heterocycles. The van der Waals surface area contributed by atoms with Crippen LogP contribution >= 0.6 is 0 Å². The van der Waals surface area contributed by atoms with Gasteiger partial charge in [0.1, 0.15) is 0 Å². The Balaban J connectivity index is 5.41. The Bertz CT molecular complexity index is 664. The van der Waals surface area contributed by atoms with Crippen LogP contribution in [0.15, 0.2) is 0 Å². The SMILES string of the molecule is CN(C(C)(C)CCC(C)(C)S(=O)(=O)NC(C)(C)C)S(=O)(=O)C(C)(C)C. The third kappa shape index (κ3) is 6.19. The lowest BCUT2D eigenvalue weighted by atomic mass is 9.93. The molecule has 0 bridgehead atoms. The van der Waals surface area contributed by atoms with E-state index in [0.717, 1.165) is 0 Å². The Labute approximate surface area is 155 Å². The Morgan fingerprint density at radius 1 is 0.760 bits per heavy atom. The topological polar surface area (TPSA) is 83.6 Å². The molecule has 0 aliphatic rings. The van der Waals surface area contributed by atoms with Crippen molar-refractivity contribution in [1.82, 2.24) is 9.03 Å². The Morgan fingerprint density at radius 2 is 1.16 bits per heavy atom. The number of nitrogens with one attached hydrogen (secondary N) is 1. The fourth-order valence-corrected chi connectivity index (χ4v) is 5.19. The smallest absolute Gasteiger partial charge is 0.212 e. The van der Waals surface area contributed by atoms with E-state index in [4.69, 9.17) is 0 Å². The van der Waals surface area contributed by atoms with Gasteiger partial charge in [-0.2, -0.15) is 4.31 Å². The zero-order valence-corrected chi connectivity index (χ0v) is 19.4. The maximum Gasteiger partial charge on any atom is 0.219 e. The molecule has 0 amide bonds. The maximum absolute atomic E-state index is 12.7. The molecule has 25 heavy (non-hydrogen) atoms. The number of hydrogen-bond acceptors (Lipinski definition) is 4. The summed E-state index contributed by atoms with van der Waals surface area (Å²) < 4.78 is 52.9. The summed E-state index contributed by atoms with van der Waals surface area (Å²) in [6.07, 6.45) is 0.770. The minimum Gasteiger partial charge on any atom is -0.212 e. The van der Waals surface area contributed by atoms with Gasteiger partial charge in [0.15, 0.2) is 0 Å². The van der Waals surface area contributed by atoms with Crippen LogP contribution in [0.2, 0.25) is 0 Å². The highest BCUT2D eigenvalue weighted by Crippen LogP contribution is 2.33. The first-order chi connectivity index (χ1) is 10.6. The molecule has 0 aromatic heterocycles. The van der Waals surface area contributed by atoms with Gasteiger partial charge in [-0.15, -0.1) is 0 Å². The zero-order valence-electron chi connectivity index (χ0n) is 17.8. The molecule has 152 valence electrons. The van der Waals surface area contributed by atoms with Gasteiger partial charge in [-0.1, -0.05) is 0 Å². The number of sulfonamides is 2. The average molecular weight is 399 g/mol. The molecule has 0 aromatic rings. The van der Waals surface area contributed by atoms with Crippen molar-refractivity contribution in [1.29, 1.82) is 0 Å². The van der Waals surface area contributed by atoms with Crippen LogP contribution in [0, 0.1) is 0 Å². The maximum atomic E-state index is 12.7. The van der Waals surface area contributed by atoms with E-state index in [1.807, 2.05) is 13.8 Å². The van der Waals surface area contributed by atoms with E-state index in [1.165, 1.54) is 4.31 Å². The van der Waals surface area contributed by atoms with Crippen molar-refractivity contribution in [3.8, 4) is 0 Å². The van der Waals surface area contributed by atoms with Crippen LogP contribution in [-0.4, -0.2) is 48.8 Å². The predicted octanol–water partition coefficient (Wildman–Crippen LogP) is 3.10. The van der Waals surface area contributed by atoms with E-state index < -0.39 is 40.6 Å². The molecule has 1 N–H and O–H groups in total. The molecule has 0 saturated carbocycles. The molecule has 0 saturated heterocycles. The second-order valence-corrected chi connectivity index (χ2v) is 15.1. The molecule has 0 spiro atoms. The zero-order chi connectivity index (χ0) is 20.7. The predicted molar refractivity (Wildman–Crippen MR) is 106 cm³/mol. The van der Waals surface area contributed by atoms with Gasteiger partial charge in [0.05, 0.1) is 9.49 Å². The van der Waals surface area contributed by atoms with Gasteiger partial charge < -0.3 is 0 Å². The van der Waals surface area contributed by atoms with Crippen LogP contribution in [0.5, 0.6) is 0 Å². The molecule has 6 nitrogen and oxygen atoms in total. The van der Waals surface area contributed by atoms with Crippen LogP contribution in [0.4, 0.5) is 0 Å². The number of rotatable bonds is 7. The highest BCUT2D eigenvalue weighted by Gasteiger charge is 2.43. The Hall–Kier alpha value is -0.180. The average Bonchev–Trinajstić information content (AvgIpc) is 2.31. The molecule has 0 radical (unpaired) electrons. The highest BCUT2D eigenvalue weighted by molar-refractivity contribution is 7.91. The van der Waals surface area contributed by atoms with Crippen LogP contribution in [0.1, 0.15) is 82.1 Å². The molecule has 8 heteroatoms. The molecule has 0 rings (SSSR count). The van der Waals surface area contributed by atoms with Crippen molar-refractivity contribution in [2.24, 2.45) is 0 Å². The Kier molecular flexibility index (Phi) is 7.04. The third-order valence-corrected chi connectivity index (χ3v) is 9.80. The van der Waals surface area contributed by atoms with Crippen molar-refractivity contribution in [2.45, 2.75) is 103 Å². The summed E-state index contributed by atoms with van der Waals surface area (Å²) >= 11 is 0. The monoisotopic (exact) mass is 398 g/mol. The van der Waals surface area contributed by atoms with E-state index in [9.17, 15) is 16.8 Å². The van der Waals surface area contributed by atoms with Crippen molar-refractivity contribution in [3.05, 3.63) is 0 Å². The molecule has 0 heterocycles. The number of hydrogen-bond donors (Lipinski definition) is 1. The molecule has 0 unspecified atom stereocenters. The molecular formula is C17H38N2O4S2. The van der Waals surface area contributed by atoms with E-state index >= 15 is 0 Å². The van der Waals surface area contributed by atoms with Crippen molar-refractivity contribution >= 4 is 20.0 Å². The van der Waals surface area contributed by atoms with Crippen LogP contribution in [0.25, 0.3) is 0 Å². The summed E-state index contributed by atoms with van der Waals surface area (Å²) in [4.78, 5) is 0. The molecule has 0 aliphatic carbocycles. The van der Waals surface area contributed by atoms with Gasteiger partial charge in [0.25, 0.3) is 0 Å². The first kappa shape index (κ1) is 24.8. The molecule has 0 atom stereocenters. The van der Waals surface area contributed by atoms with Gasteiger partial charge in [-0.05, 0) is 82.1 Å². The summed E-state index contributed by atoms with van der Waals surface area (Å²) in [5.74, 6) is 0. The minimum atomic E-state index is -3.55. The minimum absolute atomic E-state index is 0.343. The quantitative estimate of drug-likeness (QED) is 0.714. The van der Waals surface area contributed by atoms with Gasteiger partial charge >= 0.3 is 0 Å². The van der Waals surface area contributed by atoms with Gasteiger partial charge in [-0.25, -0.2) is 21.6 Å². The first-order valence-corrected chi connectivity index (χ1v) is 11.5. The van der Waals surface area contributed by atoms with E-state index in [1.54, 1.807) is 62.4 Å². The Morgan fingerprint density at radius 3 is 1.48 bits per heavy atom. The molecular weight excluding hydrogens is 360 g/mol. The summed E-state index contributed by atoms with van der Waals surface area (Å²) in [5, 5.41) is 0. The van der Waals surface area contributed by atoms with E-state index in [0.29, 0.717) is 12.8 Å². The van der Waals surface area contributed by atoms with Crippen LogP contribution < -0.4 is 4.72 Å². The van der Waals surface area contributed by atoms with Gasteiger partial charge in [-0.3, -0.25) is 0 Å². The summed E-state index contributed by atoms with van der Waals surface area (Å²) in [7, 11) is -5.48. The number of nitrogens with zero attached hydrogens (tertiary/aromatic N) is 1. The lowest BCUT2D eigenvalue weighted by Gasteiger charge is -2.40. The van der Waals surface area contributed by atoms with Gasteiger partial charge in [0, 0.05) is 18.1 Å². The molecule has 0 aromatic carbocycles. The van der Waals surface area contributed by atoms with Crippen molar-refractivity contribution in [3.63, 3.8) is 0 Å². The fraction of sp³-hybridized carbons (Fsp3) is 1.00. The van der Waals surface area contributed by atoms with E-state index in [-0.39, 0.29) is 0 Å². The third-order valence-electron chi connectivity index (χ3n) is 4.49. The lowest BCUT2D eigenvalue weighted by molar-refractivity contribution is 0.230. The second kappa shape index (κ2) is 7.09. The largest absolute Gasteiger partial charge is 0.219 e. The van der Waals surface area contributed by atoms with E-state index in [2.05, 4.69) is 4.72 Å². The van der Waals surface area contributed by atoms with Crippen molar-refractivity contribution < 1.29 is 16.8 Å². The van der Waals surface area contributed by atoms with Crippen LogP contribution in [-0.2, 0) is 20.0 Å². The lowest BCUT2D eigenvalue weighted by Crippen LogP contribution is -2.53. The standard InChI is InChI=1S/C17H38N2O4S2/c1-14(2,3)18-24(20,21)17(9,10)13-12-16(7,8)19(11)25(22,23)15(4,5)6/h18H,12-13H2,1-11H3. The second-order valence-electron chi connectivity index (χ2n) is 10.0. The highest BCUT2D eigenvalue weighted by atomic mass is 32.2. The van der Waals surface area contributed by atoms with Gasteiger partial charge in [0.2, 0.25) is 20.0 Å². The molecule has 0 fully saturated rings. The van der Waals surface area contributed by atoms with Crippen molar-refractivity contribution in [2.75, 3.05) is 7.05 Å². The summed E-state index contributed by atoms with van der Waals surface area (Å²) in [6.45, 7) is 17.4. The first-order valence-electron chi connectivity index (χ1n) is 8.59. The summed E-state index contributed by atoms with van der Waals surface area (Å²) in [5.41, 5.74) is -1.25. The van der Waals surface area contributed by atoms with Crippen LogP contribution in [0.3, 0.4) is 0 Å². The summed E-state index contributed by atoms with van der Waals surface area (Å²) in [6, 6.07) is 0. The fourth-order valence-electron chi connectivity index (χ4n) is 2.18. The normalized spacial score (nSPS) is 15.7.